The molecule has 0 amide bonds. The fraction of sp³-hybridized carbons (Fsp3) is 0.826. The van der Waals surface area contributed by atoms with Crippen LogP contribution in [0.15, 0.2) is 11.6 Å². The molecule has 4 saturated carbocycles. The van der Waals surface area contributed by atoms with E-state index in [4.69, 9.17) is 4.74 Å². The van der Waals surface area contributed by atoms with Gasteiger partial charge in [-0.3, -0.25) is 4.79 Å². The van der Waals surface area contributed by atoms with Crippen molar-refractivity contribution in [1.82, 2.24) is 0 Å². The van der Waals surface area contributed by atoms with Crippen LogP contribution in [-0.4, -0.2) is 40.3 Å². The largest absolute Gasteiger partial charge is 0.458 e. The zero-order valence-corrected chi connectivity index (χ0v) is 16.9. The number of fused-ring (bicyclic) bond motifs is 5. The highest BCUT2D eigenvalue weighted by atomic mass is 16.5. The Bertz CT molecular complexity index is 758. The normalized spacial score (nSPS) is 53.1. The zero-order chi connectivity index (χ0) is 19.9. The molecule has 154 valence electrons. The monoisotopic (exact) mass is 388 g/mol. The van der Waals surface area contributed by atoms with Gasteiger partial charge < -0.3 is 14.9 Å². The molecule has 5 heteroatoms. The van der Waals surface area contributed by atoms with Gasteiger partial charge in [-0.2, -0.15) is 0 Å². The predicted molar refractivity (Wildman–Crippen MR) is 102 cm³/mol. The van der Waals surface area contributed by atoms with Gasteiger partial charge in [-0.15, -0.1) is 0 Å². The van der Waals surface area contributed by atoms with E-state index in [9.17, 15) is 19.8 Å². The third-order valence-electron chi connectivity index (χ3n) is 9.89. The summed E-state index contributed by atoms with van der Waals surface area (Å²) in [6.45, 7) is 4.63. The van der Waals surface area contributed by atoms with Gasteiger partial charge in [0.05, 0.1) is 11.7 Å². The Morgan fingerprint density at radius 3 is 2.61 bits per heavy atom. The predicted octanol–water partition coefficient (Wildman–Crippen LogP) is 2.78. The summed E-state index contributed by atoms with van der Waals surface area (Å²) in [5.41, 5.74) is -0.619. The van der Waals surface area contributed by atoms with E-state index >= 15 is 0 Å². The van der Waals surface area contributed by atoms with Crippen LogP contribution in [0.5, 0.6) is 0 Å². The van der Waals surface area contributed by atoms with E-state index in [0.717, 1.165) is 31.3 Å². The number of hydrogen-bond acceptors (Lipinski definition) is 5. The van der Waals surface area contributed by atoms with Gasteiger partial charge in [-0.25, -0.2) is 4.79 Å². The van der Waals surface area contributed by atoms with E-state index in [1.165, 1.54) is 0 Å². The quantitative estimate of drug-likeness (QED) is 0.675. The van der Waals surface area contributed by atoms with E-state index in [2.05, 4.69) is 6.92 Å². The molecule has 0 aromatic heterocycles. The average molecular weight is 389 g/mol. The van der Waals surface area contributed by atoms with E-state index in [1.54, 1.807) is 6.08 Å². The number of ketones is 1. The van der Waals surface area contributed by atoms with E-state index < -0.39 is 17.1 Å². The Kier molecular flexibility index (Phi) is 3.97. The van der Waals surface area contributed by atoms with Gasteiger partial charge >= 0.3 is 5.97 Å². The van der Waals surface area contributed by atoms with Crippen LogP contribution in [0.2, 0.25) is 0 Å². The Labute approximate surface area is 166 Å². The van der Waals surface area contributed by atoms with Crippen molar-refractivity contribution in [2.75, 3.05) is 6.61 Å². The first-order valence-electron chi connectivity index (χ1n) is 11.0. The molecule has 5 aliphatic rings. The van der Waals surface area contributed by atoms with Gasteiger partial charge in [0, 0.05) is 24.3 Å². The number of hydrogen-bond donors (Lipinski definition) is 2. The SMILES string of the molecule is CC12CCC(=O)CC1CCC1C2CC(O)C2(C)C(C3=CC(=O)OC3)CCC12O. The number of esters is 1. The lowest BCUT2D eigenvalue weighted by Gasteiger charge is -2.64. The van der Waals surface area contributed by atoms with Crippen LogP contribution in [0.1, 0.15) is 65.2 Å². The van der Waals surface area contributed by atoms with Gasteiger partial charge in [-0.1, -0.05) is 13.8 Å². The van der Waals surface area contributed by atoms with Crippen LogP contribution >= 0.6 is 0 Å². The van der Waals surface area contributed by atoms with Crippen molar-refractivity contribution in [3.63, 3.8) is 0 Å². The number of aliphatic hydroxyl groups excluding tert-OH is 1. The minimum atomic E-state index is -0.929. The Morgan fingerprint density at radius 2 is 1.89 bits per heavy atom. The molecular weight excluding hydrogens is 356 g/mol. The van der Waals surface area contributed by atoms with Gasteiger partial charge in [0.15, 0.2) is 0 Å². The van der Waals surface area contributed by atoms with Gasteiger partial charge in [-0.05, 0) is 73.2 Å². The molecule has 28 heavy (non-hydrogen) atoms. The van der Waals surface area contributed by atoms with E-state index in [0.29, 0.717) is 37.4 Å². The summed E-state index contributed by atoms with van der Waals surface area (Å²) in [4.78, 5) is 23.7. The third-order valence-corrected chi connectivity index (χ3v) is 9.89. The zero-order valence-electron chi connectivity index (χ0n) is 16.9. The number of ether oxygens (including phenoxy) is 1. The van der Waals surface area contributed by atoms with Crippen molar-refractivity contribution in [1.29, 1.82) is 0 Å². The van der Waals surface area contributed by atoms with E-state index in [-0.39, 0.29) is 35.7 Å². The molecule has 0 radical (unpaired) electrons. The highest BCUT2D eigenvalue weighted by molar-refractivity contribution is 5.85. The fourth-order valence-electron chi connectivity index (χ4n) is 8.18. The summed E-state index contributed by atoms with van der Waals surface area (Å²) in [5, 5.41) is 23.5. The Hall–Kier alpha value is -1.20. The molecule has 8 atom stereocenters. The average Bonchev–Trinajstić information content (AvgIpc) is 3.19. The summed E-state index contributed by atoms with van der Waals surface area (Å²) in [7, 11) is 0. The molecule has 0 spiro atoms. The van der Waals surface area contributed by atoms with Crippen molar-refractivity contribution in [3.05, 3.63) is 11.6 Å². The number of rotatable bonds is 1. The van der Waals surface area contributed by atoms with Crippen LogP contribution < -0.4 is 0 Å². The van der Waals surface area contributed by atoms with E-state index in [1.807, 2.05) is 6.92 Å². The van der Waals surface area contributed by atoms with Crippen LogP contribution in [0.25, 0.3) is 0 Å². The van der Waals surface area contributed by atoms with Crippen molar-refractivity contribution >= 4 is 11.8 Å². The minimum Gasteiger partial charge on any atom is -0.458 e. The maximum absolute atomic E-state index is 12.1. The van der Waals surface area contributed by atoms with Crippen LogP contribution in [-0.2, 0) is 14.3 Å². The molecular formula is C23H32O5. The molecule has 8 unspecified atom stereocenters. The molecule has 2 N–H and O–H groups in total. The second-order valence-corrected chi connectivity index (χ2v) is 10.6. The number of carbonyl (C=O) groups excluding carboxylic acids is 2. The first-order valence-corrected chi connectivity index (χ1v) is 11.0. The van der Waals surface area contributed by atoms with Crippen LogP contribution in [0, 0.1) is 34.5 Å². The highest BCUT2D eigenvalue weighted by Crippen LogP contribution is 2.69. The van der Waals surface area contributed by atoms with Crippen molar-refractivity contribution < 1.29 is 24.5 Å². The lowest BCUT2D eigenvalue weighted by molar-refractivity contribution is -0.241. The number of Topliss-reactive ketones (excluding diaryl/α,β-unsaturated/α-hetero) is 1. The summed E-state index contributed by atoms with van der Waals surface area (Å²) < 4.78 is 5.15. The molecule has 0 bridgehead atoms. The van der Waals surface area contributed by atoms with Crippen molar-refractivity contribution in [2.45, 2.75) is 76.9 Å². The van der Waals surface area contributed by atoms with Gasteiger partial charge in [0.2, 0.25) is 0 Å². The highest BCUT2D eigenvalue weighted by Gasteiger charge is 2.70. The molecule has 4 fully saturated rings. The van der Waals surface area contributed by atoms with Crippen molar-refractivity contribution in [3.8, 4) is 0 Å². The summed E-state index contributed by atoms with van der Waals surface area (Å²) in [5.74, 6) is 0.839. The summed E-state index contributed by atoms with van der Waals surface area (Å²) >= 11 is 0. The number of cyclic esters (lactones) is 1. The van der Waals surface area contributed by atoms with Crippen LogP contribution in [0.3, 0.4) is 0 Å². The Morgan fingerprint density at radius 1 is 1.11 bits per heavy atom. The number of aliphatic hydroxyl groups is 2. The summed E-state index contributed by atoms with van der Waals surface area (Å²) in [6, 6.07) is 0. The van der Waals surface area contributed by atoms with Crippen LogP contribution in [0.4, 0.5) is 0 Å². The summed E-state index contributed by atoms with van der Waals surface area (Å²) in [6.07, 6.45) is 7.20. The van der Waals surface area contributed by atoms with Crippen molar-refractivity contribution in [2.24, 2.45) is 34.5 Å². The second kappa shape index (κ2) is 5.91. The third kappa shape index (κ3) is 2.21. The lowest BCUT2D eigenvalue weighted by atomic mass is 9.42. The molecule has 1 heterocycles. The molecule has 0 aromatic carbocycles. The maximum atomic E-state index is 12.1. The maximum Gasteiger partial charge on any atom is 0.331 e. The first kappa shape index (κ1) is 18.8. The molecule has 4 aliphatic carbocycles. The lowest BCUT2D eigenvalue weighted by Crippen LogP contribution is -2.66. The second-order valence-electron chi connectivity index (χ2n) is 10.6. The smallest absolute Gasteiger partial charge is 0.331 e. The first-order chi connectivity index (χ1) is 13.2. The molecule has 0 saturated heterocycles. The van der Waals surface area contributed by atoms with Gasteiger partial charge in [0.1, 0.15) is 12.4 Å². The number of carbonyl (C=O) groups is 2. The molecule has 1 aliphatic heterocycles. The fourth-order valence-corrected chi connectivity index (χ4v) is 8.18. The standard InChI is InChI=1S/C23H32O5/c1-21-7-5-15(24)10-14(21)3-4-17-18(21)11-19(25)22(2)16(6-8-23(17,22)27)13-9-20(26)28-12-13/h9,14,16-19,25,27H,3-8,10-12H2,1-2H3. The molecule has 5 rings (SSSR count). The molecule has 0 aromatic rings. The topological polar surface area (TPSA) is 83.8 Å². The Balaban J connectivity index is 1.52. The molecule has 5 nitrogen and oxygen atoms in total. The minimum absolute atomic E-state index is 0.0154. The van der Waals surface area contributed by atoms with Gasteiger partial charge in [0.25, 0.3) is 0 Å².